The Morgan fingerprint density at radius 1 is 0.868 bits per heavy atom. The molecule has 0 aliphatic rings. The van der Waals surface area contributed by atoms with Crippen molar-refractivity contribution >= 4 is 23.9 Å². The molecule has 3 atom stereocenters. The number of nitrogens with two attached hydrogens (primary N) is 1. The summed E-state index contributed by atoms with van der Waals surface area (Å²) < 4.78 is 21.5. The molecule has 0 bridgehead atoms. The molecule has 0 heterocycles. The fraction of sp³-hybridized carbons (Fsp3) is 0.655. The van der Waals surface area contributed by atoms with Gasteiger partial charge in [0, 0.05) is 12.8 Å². The Bertz CT molecular complexity index is 968. The molecule has 1 aromatic rings. The van der Waals surface area contributed by atoms with Gasteiger partial charge in [0.2, 0.25) is 0 Å². The monoisotopic (exact) mass is 535 g/mol. The Hall–Kier alpha value is -2.94. The number of rotatable bonds is 14. The Labute approximate surface area is 226 Å². The van der Waals surface area contributed by atoms with Gasteiger partial charge >= 0.3 is 23.9 Å². The lowest BCUT2D eigenvalue weighted by atomic mass is 9.88. The molecule has 0 aliphatic heterocycles. The molecule has 2 N–H and O–H groups in total. The van der Waals surface area contributed by atoms with Gasteiger partial charge in [-0.05, 0) is 51.3 Å². The van der Waals surface area contributed by atoms with Crippen molar-refractivity contribution < 1.29 is 38.1 Å². The second-order valence-corrected chi connectivity index (χ2v) is 11.0. The van der Waals surface area contributed by atoms with Crippen molar-refractivity contribution in [2.24, 2.45) is 23.0 Å². The van der Waals surface area contributed by atoms with Crippen molar-refractivity contribution in [2.75, 3.05) is 13.7 Å². The van der Waals surface area contributed by atoms with Crippen LogP contribution in [-0.2, 0) is 35.1 Å². The van der Waals surface area contributed by atoms with Gasteiger partial charge < -0.3 is 24.7 Å². The molecular formula is C29H45NO8. The van der Waals surface area contributed by atoms with Crippen molar-refractivity contribution in [1.82, 2.24) is 0 Å². The standard InChI is InChI=1S/C29H45NO8/c1-9-11-19(3)24(31)37-22-14-13-21(17-23(22)38-25(32)20(4)12-10-2)18-29(30,27(34)35-8)15-16-36-26(33)28(5,6)7/h13-14,17,19-20H,9-12,15-16,18,30H2,1-8H3/t19?,20?,29-/m1/s1. The van der Waals surface area contributed by atoms with Gasteiger partial charge in [0.1, 0.15) is 5.54 Å². The third kappa shape index (κ3) is 10.1. The fourth-order valence-electron chi connectivity index (χ4n) is 3.72. The highest BCUT2D eigenvalue weighted by Crippen LogP contribution is 2.32. The first kappa shape index (κ1) is 33.1. The number of carbonyl (C=O) groups excluding carboxylic acids is 4. The van der Waals surface area contributed by atoms with Gasteiger partial charge in [-0.1, -0.05) is 46.6 Å². The summed E-state index contributed by atoms with van der Waals surface area (Å²) in [5, 5.41) is 0. The summed E-state index contributed by atoms with van der Waals surface area (Å²) in [4.78, 5) is 50.1. The zero-order valence-corrected chi connectivity index (χ0v) is 24.2. The van der Waals surface area contributed by atoms with E-state index in [9.17, 15) is 19.2 Å². The molecule has 214 valence electrons. The lowest BCUT2D eigenvalue weighted by Crippen LogP contribution is -2.51. The molecule has 0 fully saturated rings. The average molecular weight is 536 g/mol. The van der Waals surface area contributed by atoms with Gasteiger partial charge in [-0.2, -0.15) is 0 Å². The predicted molar refractivity (Wildman–Crippen MR) is 144 cm³/mol. The smallest absolute Gasteiger partial charge is 0.326 e. The third-order valence-corrected chi connectivity index (χ3v) is 6.18. The van der Waals surface area contributed by atoms with E-state index in [1.54, 1.807) is 40.7 Å². The molecule has 9 heteroatoms. The zero-order chi connectivity index (χ0) is 29.1. The zero-order valence-electron chi connectivity index (χ0n) is 24.2. The number of carbonyl (C=O) groups is 4. The molecule has 38 heavy (non-hydrogen) atoms. The number of hydrogen-bond donors (Lipinski definition) is 1. The Kier molecular flexibility index (Phi) is 12.9. The van der Waals surface area contributed by atoms with Crippen LogP contribution in [0.2, 0.25) is 0 Å². The molecule has 0 spiro atoms. The largest absolute Gasteiger partial charge is 0.468 e. The maximum absolute atomic E-state index is 12.7. The Morgan fingerprint density at radius 3 is 1.87 bits per heavy atom. The number of benzene rings is 1. The highest BCUT2D eigenvalue weighted by molar-refractivity contribution is 5.81. The molecule has 0 radical (unpaired) electrons. The molecular weight excluding hydrogens is 490 g/mol. The van der Waals surface area contributed by atoms with E-state index in [4.69, 9.17) is 24.7 Å². The Morgan fingerprint density at radius 2 is 1.39 bits per heavy atom. The van der Waals surface area contributed by atoms with E-state index in [2.05, 4.69) is 0 Å². The first-order valence-corrected chi connectivity index (χ1v) is 13.3. The average Bonchev–Trinajstić information content (AvgIpc) is 2.84. The molecule has 0 amide bonds. The van der Waals surface area contributed by atoms with Crippen LogP contribution in [0.25, 0.3) is 0 Å². The number of hydrogen-bond acceptors (Lipinski definition) is 9. The van der Waals surface area contributed by atoms with Crippen LogP contribution in [0.1, 0.15) is 86.1 Å². The van der Waals surface area contributed by atoms with Crippen molar-refractivity contribution in [1.29, 1.82) is 0 Å². The lowest BCUT2D eigenvalue weighted by Gasteiger charge is -2.27. The van der Waals surface area contributed by atoms with Crippen LogP contribution in [-0.4, -0.2) is 43.1 Å². The second kappa shape index (κ2) is 14.9. The predicted octanol–water partition coefficient (Wildman–Crippen LogP) is 4.76. The maximum Gasteiger partial charge on any atom is 0.326 e. The van der Waals surface area contributed by atoms with E-state index in [0.29, 0.717) is 18.4 Å². The van der Waals surface area contributed by atoms with Crippen LogP contribution in [0.4, 0.5) is 0 Å². The molecule has 2 unspecified atom stereocenters. The SMILES string of the molecule is CCCC(C)C(=O)Oc1ccc(C[C@](N)(CCOC(=O)C(C)(C)C)C(=O)OC)cc1OC(=O)C(C)CCC. The van der Waals surface area contributed by atoms with E-state index in [1.165, 1.54) is 19.2 Å². The van der Waals surface area contributed by atoms with Gasteiger partial charge in [-0.15, -0.1) is 0 Å². The molecule has 0 saturated heterocycles. The molecule has 0 aromatic heterocycles. The van der Waals surface area contributed by atoms with Crippen LogP contribution in [0.3, 0.4) is 0 Å². The van der Waals surface area contributed by atoms with Gasteiger partial charge in [-0.25, -0.2) is 0 Å². The molecule has 1 rings (SSSR count). The number of esters is 4. The lowest BCUT2D eigenvalue weighted by molar-refractivity contribution is -0.156. The van der Waals surface area contributed by atoms with Crippen molar-refractivity contribution in [3.63, 3.8) is 0 Å². The van der Waals surface area contributed by atoms with Gasteiger partial charge in [0.25, 0.3) is 0 Å². The van der Waals surface area contributed by atoms with E-state index >= 15 is 0 Å². The summed E-state index contributed by atoms with van der Waals surface area (Å²) in [6, 6.07) is 4.71. The third-order valence-electron chi connectivity index (χ3n) is 6.18. The van der Waals surface area contributed by atoms with Crippen molar-refractivity contribution in [2.45, 2.75) is 92.5 Å². The quantitative estimate of drug-likeness (QED) is 0.264. The normalized spacial score (nSPS) is 14.6. The fourth-order valence-corrected chi connectivity index (χ4v) is 3.72. The topological polar surface area (TPSA) is 131 Å². The first-order chi connectivity index (χ1) is 17.7. The summed E-state index contributed by atoms with van der Waals surface area (Å²) in [6.45, 7) is 12.6. The van der Waals surface area contributed by atoms with Gasteiger partial charge in [-0.3, -0.25) is 19.2 Å². The summed E-state index contributed by atoms with van der Waals surface area (Å²) in [5.74, 6) is -2.48. The highest BCUT2D eigenvalue weighted by Gasteiger charge is 2.37. The minimum Gasteiger partial charge on any atom is -0.468 e. The van der Waals surface area contributed by atoms with Crippen LogP contribution < -0.4 is 15.2 Å². The van der Waals surface area contributed by atoms with Crippen molar-refractivity contribution in [3.05, 3.63) is 23.8 Å². The summed E-state index contributed by atoms with van der Waals surface area (Å²) in [5.41, 5.74) is 4.79. The van der Waals surface area contributed by atoms with E-state index in [1.807, 2.05) is 13.8 Å². The second-order valence-electron chi connectivity index (χ2n) is 11.0. The van der Waals surface area contributed by atoms with Crippen LogP contribution in [0.15, 0.2) is 18.2 Å². The molecule has 1 aromatic carbocycles. The van der Waals surface area contributed by atoms with E-state index in [-0.39, 0.29) is 42.8 Å². The molecule has 9 nitrogen and oxygen atoms in total. The maximum atomic E-state index is 12.7. The minimum absolute atomic E-state index is 0.00225. The van der Waals surface area contributed by atoms with E-state index in [0.717, 1.165) is 12.8 Å². The van der Waals surface area contributed by atoms with Gasteiger partial charge in [0.15, 0.2) is 11.5 Å². The highest BCUT2D eigenvalue weighted by atomic mass is 16.6. The molecule has 0 saturated carbocycles. The minimum atomic E-state index is -1.52. The van der Waals surface area contributed by atoms with E-state index < -0.39 is 34.8 Å². The Balaban J connectivity index is 3.26. The number of methoxy groups -OCH3 is 1. The summed E-state index contributed by atoms with van der Waals surface area (Å²) in [7, 11) is 1.23. The summed E-state index contributed by atoms with van der Waals surface area (Å²) in [6.07, 6.45) is 2.94. The summed E-state index contributed by atoms with van der Waals surface area (Å²) >= 11 is 0. The first-order valence-electron chi connectivity index (χ1n) is 13.3. The van der Waals surface area contributed by atoms with Crippen molar-refractivity contribution in [3.8, 4) is 11.5 Å². The van der Waals surface area contributed by atoms with Crippen LogP contribution >= 0.6 is 0 Å². The molecule has 0 aliphatic carbocycles. The van der Waals surface area contributed by atoms with Crippen LogP contribution in [0.5, 0.6) is 11.5 Å². The number of ether oxygens (including phenoxy) is 4. The van der Waals surface area contributed by atoms with Crippen LogP contribution in [0, 0.1) is 17.3 Å². The van der Waals surface area contributed by atoms with Gasteiger partial charge in [0.05, 0.1) is 31.0 Å².